The number of carbonyl (C=O) groups is 1. The molecule has 0 saturated carbocycles. The molecule has 2 N–H and O–H groups in total. The zero-order chi connectivity index (χ0) is 15.3. The molecule has 0 saturated heterocycles. The summed E-state index contributed by atoms with van der Waals surface area (Å²) in [7, 11) is 0. The Kier molecular flexibility index (Phi) is 4.64. The van der Waals surface area contributed by atoms with Crippen molar-refractivity contribution in [1.82, 2.24) is 25.5 Å². The third kappa shape index (κ3) is 3.43. The number of hydrogen-bond donors (Lipinski definition) is 2. The van der Waals surface area contributed by atoms with E-state index in [9.17, 15) is 9.90 Å². The zero-order valence-corrected chi connectivity index (χ0v) is 12.2. The molecule has 0 spiro atoms. The van der Waals surface area contributed by atoms with Gasteiger partial charge >= 0.3 is 5.97 Å². The second-order valence-corrected chi connectivity index (χ2v) is 5.08. The molecule has 7 heteroatoms. The van der Waals surface area contributed by atoms with E-state index in [0.29, 0.717) is 12.2 Å². The molecule has 1 unspecified atom stereocenters. The SMILES string of the molecule is CCCC(C)(NCc1nnnn1-c1ccccc1)C(=O)O. The fraction of sp³-hybridized carbons (Fsp3) is 0.429. The van der Waals surface area contributed by atoms with Crippen LogP contribution in [0.15, 0.2) is 30.3 Å². The van der Waals surface area contributed by atoms with Gasteiger partial charge in [0.05, 0.1) is 12.2 Å². The average Bonchev–Trinajstić information content (AvgIpc) is 2.95. The van der Waals surface area contributed by atoms with E-state index < -0.39 is 11.5 Å². The van der Waals surface area contributed by atoms with Crippen molar-refractivity contribution in [2.75, 3.05) is 0 Å². The number of hydrogen-bond acceptors (Lipinski definition) is 5. The molecule has 112 valence electrons. The van der Waals surface area contributed by atoms with Crippen molar-refractivity contribution >= 4 is 5.97 Å². The van der Waals surface area contributed by atoms with Crippen LogP contribution in [0, 0.1) is 0 Å². The van der Waals surface area contributed by atoms with Crippen LogP contribution in [0.5, 0.6) is 0 Å². The predicted octanol–water partition coefficient (Wildman–Crippen LogP) is 1.40. The molecule has 2 rings (SSSR count). The molecule has 2 aromatic rings. The van der Waals surface area contributed by atoms with Crippen molar-refractivity contribution < 1.29 is 9.90 Å². The highest BCUT2D eigenvalue weighted by Gasteiger charge is 2.31. The van der Waals surface area contributed by atoms with Crippen LogP contribution < -0.4 is 5.32 Å². The maximum Gasteiger partial charge on any atom is 0.323 e. The lowest BCUT2D eigenvalue weighted by molar-refractivity contribution is -0.144. The molecular weight excluding hydrogens is 270 g/mol. The van der Waals surface area contributed by atoms with E-state index in [4.69, 9.17) is 0 Å². The minimum atomic E-state index is -0.984. The van der Waals surface area contributed by atoms with Crippen molar-refractivity contribution in [3.05, 3.63) is 36.2 Å². The van der Waals surface area contributed by atoms with Crippen LogP contribution in [-0.4, -0.2) is 36.8 Å². The molecule has 0 amide bonds. The highest BCUT2D eigenvalue weighted by Crippen LogP contribution is 2.14. The van der Waals surface area contributed by atoms with Crippen LogP contribution in [0.2, 0.25) is 0 Å². The van der Waals surface area contributed by atoms with E-state index in [2.05, 4.69) is 20.8 Å². The smallest absolute Gasteiger partial charge is 0.323 e. The van der Waals surface area contributed by atoms with Crippen molar-refractivity contribution in [3.8, 4) is 5.69 Å². The van der Waals surface area contributed by atoms with Gasteiger partial charge < -0.3 is 5.11 Å². The number of aliphatic carboxylic acids is 1. The molecule has 1 aromatic carbocycles. The Morgan fingerprint density at radius 2 is 2.10 bits per heavy atom. The van der Waals surface area contributed by atoms with Gasteiger partial charge in [0.2, 0.25) is 0 Å². The standard InChI is InChI=1S/C14H19N5O2/c1-3-9-14(2,13(20)21)15-10-12-16-17-18-19(12)11-7-5-4-6-8-11/h4-8,15H,3,9-10H2,1-2H3,(H,20,21). The van der Waals surface area contributed by atoms with Gasteiger partial charge in [0, 0.05) is 0 Å². The first-order valence-corrected chi connectivity index (χ1v) is 6.88. The summed E-state index contributed by atoms with van der Waals surface area (Å²) in [5.74, 6) is -0.298. The number of carboxylic acids is 1. The molecule has 0 radical (unpaired) electrons. The Bertz CT molecular complexity index is 598. The Morgan fingerprint density at radius 3 is 2.71 bits per heavy atom. The molecule has 0 aliphatic rings. The number of para-hydroxylation sites is 1. The third-order valence-electron chi connectivity index (χ3n) is 3.39. The summed E-state index contributed by atoms with van der Waals surface area (Å²) in [6.07, 6.45) is 1.31. The van der Waals surface area contributed by atoms with Gasteiger partial charge in [-0.3, -0.25) is 10.1 Å². The van der Waals surface area contributed by atoms with Crippen LogP contribution in [-0.2, 0) is 11.3 Å². The van der Waals surface area contributed by atoms with E-state index >= 15 is 0 Å². The fourth-order valence-electron chi connectivity index (χ4n) is 2.13. The number of aromatic nitrogens is 4. The summed E-state index contributed by atoms with van der Waals surface area (Å²) in [4.78, 5) is 11.4. The van der Waals surface area contributed by atoms with E-state index in [1.807, 2.05) is 37.3 Å². The summed E-state index contributed by atoms with van der Waals surface area (Å²) in [6, 6.07) is 9.48. The van der Waals surface area contributed by atoms with Gasteiger partial charge in [0.15, 0.2) is 5.82 Å². The Morgan fingerprint density at radius 1 is 1.38 bits per heavy atom. The molecular formula is C14H19N5O2. The van der Waals surface area contributed by atoms with E-state index in [-0.39, 0.29) is 6.54 Å². The number of carboxylic acid groups (broad SMARTS) is 1. The second kappa shape index (κ2) is 6.45. The van der Waals surface area contributed by atoms with Gasteiger partial charge in [0.1, 0.15) is 5.54 Å². The van der Waals surface area contributed by atoms with Crippen LogP contribution in [0.3, 0.4) is 0 Å². The van der Waals surface area contributed by atoms with Crippen LogP contribution >= 0.6 is 0 Å². The number of nitrogens with one attached hydrogen (secondary N) is 1. The van der Waals surface area contributed by atoms with Gasteiger partial charge in [-0.1, -0.05) is 31.5 Å². The van der Waals surface area contributed by atoms with Crippen molar-refractivity contribution in [1.29, 1.82) is 0 Å². The highest BCUT2D eigenvalue weighted by molar-refractivity contribution is 5.78. The Labute approximate surface area is 123 Å². The summed E-state index contributed by atoms with van der Waals surface area (Å²) in [5, 5.41) is 24.0. The van der Waals surface area contributed by atoms with Crippen LogP contribution in [0.25, 0.3) is 5.69 Å². The number of tetrazole rings is 1. The molecule has 0 aliphatic heterocycles. The van der Waals surface area contributed by atoms with E-state index in [1.54, 1.807) is 11.6 Å². The maximum atomic E-state index is 11.4. The van der Waals surface area contributed by atoms with Gasteiger partial charge in [-0.25, -0.2) is 0 Å². The number of rotatable bonds is 7. The molecule has 1 heterocycles. The monoisotopic (exact) mass is 289 g/mol. The topological polar surface area (TPSA) is 92.9 Å². The van der Waals surface area contributed by atoms with Gasteiger partial charge in [-0.2, -0.15) is 4.68 Å². The van der Waals surface area contributed by atoms with Crippen molar-refractivity contribution in [2.45, 2.75) is 38.8 Å². The minimum absolute atomic E-state index is 0.282. The summed E-state index contributed by atoms with van der Waals surface area (Å²) in [6.45, 7) is 3.91. The lowest BCUT2D eigenvalue weighted by Gasteiger charge is -2.25. The molecule has 0 aliphatic carbocycles. The van der Waals surface area contributed by atoms with Gasteiger partial charge in [-0.05, 0) is 35.9 Å². The van der Waals surface area contributed by atoms with Crippen LogP contribution in [0.4, 0.5) is 0 Å². The highest BCUT2D eigenvalue weighted by atomic mass is 16.4. The first-order chi connectivity index (χ1) is 10.1. The van der Waals surface area contributed by atoms with Gasteiger partial charge in [-0.15, -0.1) is 5.10 Å². The first-order valence-electron chi connectivity index (χ1n) is 6.88. The third-order valence-corrected chi connectivity index (χ3v) is 3.39. The molecule has 0 bridgehead atoms. The molecule has 1 atom stereocenters. The lowest BCUT2D eigenvalue weighted by Crippen LogP contribution is -2.49. The largest absolute Gasteiger partial charge is 0.480 e. The number of benzene rings is 1. The predicted molar refractivity (Wildman–Crippen MR) is 76.9 cm³/mol. The minimum Gasteiger partial charge on any atom is -0.480 e. The summed E-state index contributed by atoms with van der Waals surface area (Å²) in [5.41, 5.74) is -0.144. The molecule has 7 nitrogen and oxygen atoms in total. The maximum absolute atomic E-state index is 11.4. The quantitative estimate of drug-likeness (QED) is 0.800. The normalized spacial score (nSPS) is 13.8. The average molecular weight is 289 g/mol. The van der Waals surface area contributed by atoms with E-state index in [0.717, 1.165) is 12.1 Å². The van der Waals surface area contributed by atoms with E-state index in [1.165, 1.54) is 0 Å². The molecule has 21 heavy (non-hydrogen) atoms. The zero-order valence-electron chi connectivity index (χ0n) is 12.2. The Hall–Kier alpha value is -2.28. The van der Waals surface area contributed by atoms with Crippen molar-refractivity contribution in [3.63, 3.8) is 0 Å². The van der Waals surface area contributed by atoms with Gasteiger partial charge in [0.25, 0.3) is 0 Å². The second-order valence-electron chi connectivity index (χ2n) is 5.08. The lowest BCUT2D eigenvalue weighted by atomic mass is 9.96. The summed E-state index contributed by atoms with van der Waals surface area (Å²) >= 11 is 0. The molecule has 0 fully saturated rings. The number of nitrogens with zero attached hydrogens (tertiary/aromatic N) is 4. The van der Waals surface area contributed by atoms with Crippen molar-refractivity contribution in [2.24, 2.45) is 0 Å². The summed E-state index contributed by atoms with van der Waals surface area (Å²) < 4.78 is 1.60. The van der Waals surface area contributed by atoms with Crippen LogP contribution in [0.1, 0.15) is 32.5 Å². The fourth-order valence-corrected chi connectivity index (χ4v) is 2.13. The Balaban J connectivity index is 2.15. The first kappa shape index (κ1) is 15.1. The molecule has 1 aromatic heterocycles.